The fraction of sp³-hybridized carbons (Fsp3) is 0.333. The van der Waals surface area contributed by atoms with E-state index in [0.717, 1.165) is 35.3 Å². The maximum Gasteiger partial charge on any atom is 0.0406 e. The number of nitrogens with one attached hydrogen (secondary N) is 1. The van der Waals surface area contributed by atoms with Gasteiger partial charge in [0.05, 0.1) is 0 Å². The molecule has 0 fully saturated rings. The van der Waals surface area contributed by atoms with Crippen LogP contribution in [0.5, 0.6) is 0 Å². The molecule has 2 rings (SSSR count). The monoisotopic (exact) mass is 365 g/mol. The first-order valence-electron chi connectivity index (χ1n) is 7.36. The standard InChI is InChI=1S/C18H21BrClN/c1-14(13-16-4-8-17(19)9-5-16)21-12-2-3-15-6-10-18(20)11-7-15/h4-11,14,21H,2-3,12-13H2,1H3. The molecule has 1 N–H and O–H groups in total. The van der Waals surface area contributed by atoms with Crippen molar-refractivity contribution < 1.29 is 0 Å². The zero-order valence-corrected chi connectivity index (χ0v) is 14.6. The number of halogens is 2. The van der Waals surface area contributed by atoms with Crippen molar-refractivity contribution in [2.24, 2.45) is 0 Å². The minimum atomic E-state index is 0.497. The summed E-state index contributed by atoms with van der Waals surface area (Å²) in [5.74, 6) is 0. The van der Waals surface area contributed by atoms with Crippen molar-refractivity contribution in [2.45, 2.75) is 32.2 Å². The Hall–Kier alpha value is -0.830. The van der Waals surface area contributed by atoms with Crippen LogP contribution in [-0.2, 0) is 12.8 Å². The molecule has 2 aromatic rings. The summed E-state index contributed by atoms with van der Waals surface area (Å²) in [6, 6.07) is 17.2. The highest BCUT2D eigenvalue weighted by atomic mass is 79.9. The van der Waals surface area contributed by atoms with Gasteiger partial charge in [-0.1, -0.05) is 51.8 Å². The molecule has 0 amide bonds. The van der Waals surface area contributed by atoms with Crippen molar-refractivity contribution >= 4 is 27.5 Å². The molecule has 0 radical (unpaired) electrons. The third-order valence-corrected chi connectivity index (χ3v) is 4.28. The van der Waals surface area contributed by atoms with E-state index in [1.54, 1.807) is 0 Å². The maximum atomic E-state index is 5.89. The molecule has 21 heavy (non-hydrogen) atoms. The Morgan fingerprint density at radius 1 is 1.00 bits per heavy atom. The lowest BCUT2D eigenvalue weighted by Gasteiger charge is -2.14. The third kappa shape index (κ3) is 6.21. The van der Waals surface area contributed by atoms with E-state index in [2.05, 4.69) is 64.6 Å². The quantitative estimate of drug-likeness (QED) is 0.659. The van der Waals surface area contributed by atoms with Crippen molar-refractivity contribution in [2.75, 3.05) is 6.54 Å². The maximum absolute atomic E-state index is 5.89. The molecular weight excluding hydrogens is 346 g/mol. The van der Waals surface area contributed by atoms with Crippen molar-refractivity contribution in [1.29, 1.82) is 0 Å². The first-order chi connectivity index (χ1) is 10.1. The van der Waals surface area contributed by atoms with Gasteiger partial charge in [-0.25, -0.2) is 0 Å². The second-order valence-corrected chi connectivity index (χ2v) is 6.77. The molecule has 1 nitrogen and oxygen atoms in total. The summed E-state index contributed by atoms with van der Waals surface area (Å²) in [6.07, 6.45) is 3.30. The molecule has 0 bridgehead atoms. The van der Waals surface area contributed by atoms with Crippen LogP contribution >= 0.6 is 27.5 Å². The number of aryl methyl sites for hydroxylation is 1. The molecule has 0 aliphatic rings. The summed E-state index contributed by atoms with van der Waals surface area (Å²) in [4.78, 5) is 0. The highest BCUT2D eigenvalue weighted by Crippen LogP contribution is 2.12. The number of hydrogen-bond acceptors (Lipinski definition) is 1. The molecule has 1 unspecified atom stereocenters. The zero-order valence-electron chi connectivity index (χ0n) is 12.3. The van der Waals surface area contributed by atoms with Crippen LogP contribution in [0.1, 0.15) is 24.5 Å². The average molecular weight is 367 g/mol. The molecule has 2 aromatic carbocycles. The lowest BCUT2D eigenvalue weighted by molar-refractivity contribution is 0.534. The number of rotatable bonds is 7. The van der Waals surface area contributed by atoms with E-state index in [-0.39, 0.29) is 0 Å². The van der Waals surface area contributed by atoms with Gasteiger partial charge in [0.15, 0.2) is 0 Å². The van der Waals surface area contributed by atoms with Gasteiger partial charge in [0.2, 0.25) is 0 Å². The smallest absolute Gasteiger partial charge is 0.0406 e. The highest BCUT2D eigenvalue weighted by molar-refractivity contribution is 9.10. The van der Waals surface area contributed by atoms with Crippen LogP contribution in [0.25, 0.3) is 0 Å². The van der Waals surface area contributed by atoms with Crippen LogP contribution in [0.4, 0.5) is 0 Å². The molecule has 0 aliphatic carbocycles. The van der Waals surface area contributed by atoms with Crippen LogP contribution in [0.3, 0.4) is 0 Å². The third-order valence-electron chi connectivity index (χ3n) is 3.50. The molecule has 0 spiro atoms. The summed E-state index contributed by atoms with van der Waals surface area (Å²) in [5, 5.41) is 4.40. The molecule has 3 heteroatoms. The van der Waals surface area contributed by atoms with Crippen LogP contribution in [0.2, 0.25) is 5.02 Å². The van der Waals surface area contributed by atoms with E-state index >= 15 is 0 Å². The lowest BCUT2D eigenvalue weighted by Crippen LogP contribution is -2.29. The molecule has 0 aliphatic heterocycles. The minimum absolute atomic E-state index is 0.497. The highest BCUT2D eigenvalue weighted by Gasteiger charge is 2.03. The molecular formula is C18H21BrClN. The first-order valence-corrected chi connectivity index (χ1v) is 8.53. The summed E-state index contributed by atoms with van der Waals surface area (Å²) in [6.45, 7) is 3.28. The number of hydrogen-bond donors (Lipinski definition) is 1. The fourth-order valence-electron chi connectivity index (χ4n) is 2.34. The molecule has 112 valence electrons. The molecule has 1 atom stereocenters. The first kappa shape index (κ1) is 16.5. The van der Waals surface area contributed by atoms with E-state index in [1.807, 2.05) is 12.1 Å². The van der Waals surface area contributed by atoms with Gasteiger partial charge in [0, 0.05) is 15.5 Å². The van der Waals surface area contributed by atoms with E-state index in [9.17, 15) is 0 Å². The second kappa shape index (κ2) is 8.57. The fourth-order valence-corrected chi connectivity index (χ4v) is 2.73. The van der Waals surface area contributed by atoms with Gasteiger partial charge in [0.1, 0.15) is 0 Å². The SMILES string of the molecule is CC(Cc1ccc(Br)cc1)NCCCc1ccc(Cl)cc1. The van der Waals surface area contributed by atoms with Gasteiger partial charge < -0.3 is 5.32 Å². The topological polar surface area (TPSA) is 12.0 Å². The van der Waals surface area contributed by atoms with Gasteiger partial charge in [-0.05, 0) is 68.1 Å². The van der Waals surface area contributed by atoms with Gasteiger partial charge in [-0.2, -0.15) is 0 Å². The Bertz CT molecular complexity index is 536. The molecule has 0 heterocycles. The van der Waals surface area contributed by atoms with Crippen LogP contribution in [0, 0.1) is 0 Å². The Labute approximate surface area is 140 Å². The van der Waals surface area contributed by atoms with E-state index in [0.29, 0.717) is 6.04 Å². The van der Waals surface area contributed by atoms with Crippen molar-refractivity contribution in [3.05, 3.63) is 69.2 Å². The Morgan fingerprint density at radius 3 is 2.29 bits per heavy atom. The normalized spacial score (nSPS) is 12.3. The lowest BCUT2D eigenvalue weighted by atomic mass is 10.1. The van der Waals surface area contributed by atoms with Gasteiger partial charge in [-0.15, -0.1) is 0 Å². The predicted octanol–water partition coefficient (Wildman–Crippen LogP) is 5.26. The van der Waals surface area contributed by atoms with Crippen molar-refractivity contribution in [1.82, 2.24) is 5.32 Å². The predicted molar refractivity (Wildman–Crippen MR) is 95.1 cm³/mol. The summed E-state index contributed by atoms with van der Waals surface area (Å²) in [5.41, 5.74) is 2.72. The van der Waals surface area contributed by atoms with Gasteiger partial charge >= 0.3 is 0 Å². The van der Waals surface area contributed by atoms with E-state index < -0.39 is 0 Å². The minimum Gasteiger partial charge on any atom is -0.314 e. The van der Waals surface area contributed by atoms with Crippen LogP contribution < -0.4 is 5.32 Å². The van der Waals surface area contributed by atoms with Crippen LogP contribution in [-0.4, -0.2) is 12.6 Å². The Kier molecular flexibility index (Phi) is 6.75. The molecule has 0 saturated heterocycles. The van der Waals surface area contributed by atoms with Crippen LogP contribution in [0.15, 0.2) is 53.0 Å². The van der Waals surface area contributed by atoms with Gasteiger partial charge in [-0.3, -0.25) is 0 Å². The van der Waals surface area contributed by atoms with Gasteiger partial charge in [0.25, 0.3) is 0 Å². The largest absolute Gasteiger partial charge is 0.314 e. The van der Waals surface area contributed by atoms with E-state index in [4.69, 9.17) is 11.6 Å². The van der Waals surface area contributed by atoms with E-state index in [1.165, 1.54) is 11.1 Å². The molecule has 0 aromatic heterocycles. The Morgan fingerprint density at radius 2 is 1.62 bits per heavy atom. The Balaban J connectivity index is 1.66. The van der Waals surface area contributed by atoms with Crippen molar-refractivity contribution in [3.63, 3.8) is 0 Å². The average Bonchev–Trinajstić information content (AvgIpc) is 2.48. The van der Waals surface area contributed by atoms with Crippen molar-refractivity contribution in [3.8, 4) is 0 Å². The summed E-state index contributed by atoms with van der Waals surface area (Å²) < 4.78 is 1.13. The second-order valence-electron chi connectivity index (χ2n) is 5.42. The molecule has 0 saturated carbocycles. The number of benzene rings is 2. The zero-order chi connectivity index (χ0) is 15.1. The summed E-state index contributed by atoms with van der Waals surface area (Å²) in [7, 11) is 0. The summed E-state index contributed by atoms with van der Waals surface area (Å²) >= 11 is 9.35.